The van der Waals surface area contributed by atoms with Gasteiger partial charge in [-0.2, -0.15) is 0 Å². The van der Waals surface area contributed by atoms with Gasteiger partial charge in [0.2, 0.25) is 5.91 Å². The molecule has 3 heterocycles. The minimum Gasteiger partial charge on any atom is -0.484 e. The normalized spacial score (nSPS) is 23.3. The number of likely N-dealkylation sites (tertiary alicyclic amines) is 2. The number of nitrogens with zero attached hydrogens (tertiary/aromatic N) is 3. The van der Waals surface area contributed by atoms with Crippen molar-refractivity contribution >= 4 is 11.8 Å². The molecule has 0 aromatic heterocycles. The number of carbonyl (C=O) groups is 2. The van der Waals surface area contributed by atoms with Crippen molar-refractivity contribution in [1.82, 2.24) is 14.7 Å². The van der Waals surface area contributed by atoms with Crippen molar-refractivity contribution in [3.63, 3.8) is 0 Å². The van der Waals surface area contributed by atoms with Crippen molar-refractivity contribution in [1.29, 1.82) is 0 Å². The monoisotopic (exact) mass is 385 g/mol. The summed E-state index contributed by atoms with van der Waals surface area (Å²) in [4.78, 5) is 32.2. The molecule has 0 atom stereocenters. The van der Waals surface area contributed by atoms with Crippen LogP contribution in [0.5, 0.6) is 5.75 Å². The molecule has 152 valence electrons. The lowest BCUT2D eigenvalue weighted by Gasteiger charge is -2.42. The molecule has 0 unspecified atom stereocenters. The van der Waals surface area contributed by atoms with Gasteiger partial charge in [0.25, 0.3) is 5.91 Å². The highest BCUT2D eigenvalue weighted by Gasteiger charge is 2.43. The summed E-state index contributed by atoms with van der Waals surface area (Å²) in [5.41, 5.74) is 0.157. The summed E-state index contributed by atoms with van der Waals surface area (Å²) in [7, 11) is 2.11. The van der Waals surface area contributed by atoms with Crippen molar-refractivity contribution in [2.45, 2.75) is 38.2 Å². The van der Waals surface area contributed by atoms with Crippen molar-refractivity contribution in [2.75, 3.05) is 46.3 Å². The summed E-state index contributed by atoms with van der Waals surface area (Å²) < 4.78 is 6.46. The van der Waals surface area contributed by atoms with Crippen molar-refractivity contribution in [3.05, 3.63) is 29.8 Å². The maximum absolute atomic E-state index is 13.3. The molecule has 1 aromatic carbocycles. The van der Waals surface area contributed by atoms with Crippen LogP contribution in [0.2, 0.25) is 0 Å². The van der Waals surface area contributed by atoms with Crippen LogP contribution in [-0.2, 0) is 4.79 Å². The third kappa shape index (κ3) is 3.88. The average Bonchev–Trinajstić information content (AvgIpc) is 2.80. The SMILES string of the molecule is CC1CCN(C(=O)CN2CC3(CCN(C)CC3)Oc3ccccc3C2=O)CC1. The second kappa shape index (κ2) is 7.74. The van der Waals surface area contributed by atoms with E-state index < -0.39 is 5.60 Å². The zero-order valence-corrected chi connectivity index (χ0v) is 17.0. The van der Waals surface area contributed by atoms with E-state index in [9.17, 15) is 9.59 Å². The number of ether oxygens (including phenoxy) is 1. The second-order valence-electron chi connectivity index (χ2n) is 8.81. The largest absolute Gasteiger partial charge is 0.484 e. The first-order chi connectivity index (χ1) is 13.5. The van der Waals surface area contributed by atoms with E-state index in [0.29, 0.717) is 23.8 Å². The number of hydrogen-bond acceptors (Lipinski definition) is 4. The fraction of sp³-hybridized carbons (Fsp3) is 0.636. The van der Waals surface area contributed by atoms with E-state index >= 15 is 0 Å². The summed E-state index contributed by atoms with van der Waals surface area (Å²) in [5.74, 6) is 1.29. The lowest BCUT2D eigenvalue weighted by molar-refractivity contribution is -0.133. The number of fused-ring (bicyclic) bond motifs is 1. The summed E-state index contributed by atoms with van der Waals surface area (Å²) in [5, 5.41) is 0. The molecule has 2 saturated heterocycles. The first-order valence-corrected chi connectivity index (χ1v) is 10.5. The van der Waals surface area contributed by atoms with Crippen LogP contribution >= 0.6 is 0 Å². The van der Waals surface area contributed by atoms with Crippen LogP contribution in [-0.4, -0.2) is 78.4 Å². The molecule has 0 N–H and O–H groups in total. The molecular weight excluding hydrogens is 354 g/mol. The van der Waals surface area contributed by atoms with E-state index in [1.807, 2.05) is 29.2 Å². The third-order valence-corrected chi connectivity index (χ3v) is 6.57. The molecule has 3 aliphatic rings. The van der Waals surface area contributed by atoms with Crippen LogP contribution in [0.1, 0.15) is 43.0 Å². The third-order valence-electron chi connectivity index (χ3n) is 6.57. The predicted octanol–water partition coefficient (Wildman–Crippen LogP) is 2.24. The number of para-hydroxylation sites is 1. The Labute approximate surface area is 167 Å². The van der Waals surface area contributed by atoms with Gasteiger partial charge in [0.15, 0.2) is 0 Å². The molecular formula is C22H31N3O3. The van der Waals surface area contributed by atoms with Crippen LogP contribution < -0.4 is 4.74 Å². The highest BCUT2D eigenvalue weighted by atomic mass is 16.5. The zero-order chi connectivity index (χ0) is 19.7. The van der Waals surface area contributed by atoms with Crippen LogP contribution in [0.15, 0.2) is 24.3 Å². The minimum absolute atomic E-state index is 0.0581. The summed E-state index contributed by atoms with van der Waals surface area (Å²) >= 11 is 0. The molecule has 0 aliphatic carbocycles. The summed E-state index contributed by atoms with van der Waals surface area (Å²) in [6.07, 6.45) is 3.80. The smallest absolute Gasteiger partial charge is 0.258 e. The van der Waals surface area contributed by atoms with Gasteiger partial charge in [-0.25, -0.2) is 0 Å². The molecule has 3 aliphatic heterocycles. The number of piperidine rings is 2. The number of rotatable bonds is 2. The van der Waals surface area contributed by atoms with Gasteiger partial charge in [-0.05, 0) is 37.9 Å². The first-order valence-electron chi connectivity index (χ1n) is 10.5. The standard InChI is InChI=1S/C22H31N3O3/c1-17-7-11-24(12-8-17)20(26)15-25-16-22(9-13-23(2)14-10-22)28-19-6-4-3-5-18(19)21(25)27/h3-6,17H,7-16H2,1-2H3. The van der Waals surface area contributed by atoms with Crippen LogP contribution in [0.25, 0.3) is 0 Å². The molecule has 0 saturated carbocycles. The van der Waals surface area contributed by atoms with Crippen molar-refractivity contribution < 1.29 is 14.3 Å². The van der Waals surface area contributed by atoms with Crippen LogP contribution in [0.4, 0.5) is 0 Å². The Morgan fingerprint density at radius 3 is 2.54 bits per heavy atom. The van der Waals surface area contributed by atoms with E-state index in [4.69, 9.17) is 4.74 Å². The van der Waals surface area contributed by atoms with Crippen LogP contribution in [0.3, 0.4) is 0 Å². The first kappa shape index (κ1) is 19.2. The fourth-order valence-corrected chi connectivity index (χ4v) is 4.52. The quantitative estimate of drug-likeness (QED) is 0.784. The molecule has 6 heteroatoms. The number of amides is 2. The van der Waals surface area contributed by atoms with Crippen molar-refractivity contribution in [3.8, 4) is 5.75 Å². The second-order valence-corrected chi connectivity index (χ2v) is 8.81. The van der Waals surface area contributed by atoms with Gasteiger partial charge in [0.05, 0.1) is 12.1 Å². The Balaban J connectivity index is 1.56. The van der Waals surface area contributed by atoms with E-state index in [0.717, 1.165) is 51.9 Å². The summed E-state index contributed by atoms with van der Waals surface area (Å²) in [6.45, 7) is 6.31. The fourth-order valence-electron chi connectivity index (χ4n) is 4.52. The van der Waals surface area contributed by atoms with Gasteiger partial charge in [-0.15, -0.1) is 0 Å². The molecule has 0 radical (unpaired) electrons. The predicted molar refractivity (Wildman–Crippen MR) is 107 cm³/mol. The van der Waals surface area contributed by atoms with Gasteiger partial charge in [0.1, 0.15) is 17.9 Å². The summed E-state index contributed by atoms with van der Waals surface area (Å²) in [6, 6.07) is 7.46. The van der Waals surface area contributed by atoms with E-state index in [2.05, 4.69) is 18.9 Å². The van der Waals surface area contributed by atoms with Gasteiger partial charge >= 0.3 is 0 Å². The Hall–Kier alpha value is -2.08. The van der Waals surface area contributed by atoms with Crippen molar-refractivity contribution in [2.24, 2.45) is 5.92 Å². The maximum Gasteiger partial charge on any atom is 0.258 e. The Bertz CT molecular complexity index is 734. The number of benzene rings is 1. The average molecular weight is 386 g/mol. The van der Waals surface area contributed by atoms with Crippen LogP contribution in [0, 0.1) is 5.92 Å². The maximum atomic E-state index is 13.3. The van der Waals surface area contributed by atoms with E-state index in [1.165, 1.54) is 0 Å². The van der Waals surface area contributed by atoms with E-state index in [-0.39, 0.29) is 18.4 Å². The molecule has 1 spiro atoms. The Morgan fingerprint density at radius 2 is 1.82 bits per heavy atom. The Morgan fingerprint density at radius 1 is 1.14 bits per heavy atom. The molecule has 2 fully saturated rings. The molecule has 28 heavy (non-hydrogen) atoms. The molecule has 1 aromatic rings. The molecule has 4 rings (SSSR count). The highest BCUT2D eigenvalue weighted by Crippen LogP contribution is 2.35. The number of hydrogen-bond donors (Lipinski definition) is 0. The lowest BCUT2D eigenvalue weighted by Crippen LogP contribution is -2.55. The van der Waals surface area contributed by atoms with Gasteiger partial charge in [-0.1, -0.05) is 19.1 Å². The number of carbonyl (C=O) groups excluding carboxylic acids is 2. The van der Waals surface area contributed by atoms with Gasteiger partial charge in [-0.3, -0.25) is 9.59 Å². The molecule has 6 nitrogen and oxygen atoms in total. The highest BCUT2D eigenvalue weighted by molar-refractivity contribution is 5.99. The van der Waals surface area contributed by atoms with E-state index in [1.54, 1.807) is 4.90 Å². The lowest BCUT2D eigenvalue weighted by atomic mass is 9.90. The Kier molecular flexibility index (Phi) is 5.32. The van der Waals surface area contributed by atoms with Gasteiger partial charge in [0, 0.05) is 39.0 Å². The zero-order valence-electron chi connectivity index (χ0n) is 17.0. The minimum atomic E-state index is -0.411. The molecule has 2 amide bonds. The molecule has 0 bridgehead atoms. The van der Waals surface area contributed by atoms with Gasteiger partial charge < -0.3 is 19.4 Å². The topological polar surface area (TPSA) is 53.1 Å².